The van der Waals surface area contributed by atoms with Crippen LogP contribution in [0.25, 0.3) is 0 Å². The summed E-state index contributed by atoms with van der Waals surface area (Å²) in [4.78, 5) is 11.4. The molecule has 0 radical (unpaired) electrons. The molecule has 2 aliphatic heterocycles. The van der Waals surface area contributed by atoms with Gasteiger partial charge in [0.1, 0.15) is 5.76 Å². The summed E-state index contributed by atoms with van der Waals surface area (Å²) in [6.07, 6.45) is 4.52. The van der Waals surface area contributed by atoms with Gasteiger partial charge < -0.3 is 14.8 Å². The Hall–Kier alpha value is -1.03. The van der Waals surface area contributed by atoms with Crippen LogP contribution in [0.3, 0.4) is 0 Å². The number of allylic oxidation sites excluding steroid dienone is 1. The maximum absolute atomic E-state index is 11.4. The van der Waals surface area contributed by atoms with Crippen molar-refractivity contribution in [3.63, 3.8) is 0 Å². The zero-order valence-corrected chi connectivity index (χ0v) is 7.41. The number of amides is 1. The summed E-state index contributed by atoms with van der Waals surface area (Å²) < 4.78 is 10.4. The zero-order chi connectivity index (χ0) is 9.10. The molecule has 72 valence electrons. The first kappa shape index (κ1) is 8.56. The second kappa shape index (κ2) is 3.79. The molecule has 4 nitrogen and oxygen atoms in total. The molecule has 2 heterocycles. The van der Waals surface area contributed by atoms with Gasteiger partial charge in [0.15, 0.2) is 12.9 Å². The van der Waals surface area contributed by atoms with Crippen LogP contribution in [0.2, 0.25) is 0 Å². The van der Waals surface area contributed by atoms with Gasteiger partial charge in [-0.1, -0.05) is 0 Å². The number of carbonyl (C=O) groups is 1. The monoisotopic (exact) mass is 183 g/mol. The first-order valence-electron chi connectivity index (χ1n) is 4.60. The first-order chi connectivity index (χ1) is 6.38. The molecule has 0 aromatic carbocycles. The van der Waals surface area contributed by atoms with Crippen molar-refractivity contribution < 1.29 is 14.3 Å². The van der Waals surface area contributed by atoms with Crippen LogP contribution >= 0.6 is 0 Å². The minimum absolute atomic E-state index is 0.0781. The molecule has 0 aliphatic carbocycles. The van der Waals surface area contributed by atoms with Crippen molar-refractivity contribution in [3.8, 4) is 0 Å². The third-order valence-electron chi connectivity index (χ3n) is 2.23. The number of hydrogen-bond acceptors (Lipinski definition) is 3. The summed E-state index contributed by atoms with van der Waals surface area (Å²) in [5.74, 6) is 0.602. The van der Waals surface area contributed by atoms with Crippen molar-refractivity contribution in [1.82, 2.24) is 5.32 Å². The lowest BCUT2D eigenvalue weighted by Crippen LogP contribution is -2.35. The van der Waals surface area contributed by atoms with Crippen molar-refractivity contribution in [2.24, 2.45) is 0 Å². The Labute approximate surface area is 76.9 Å². The topological polar surface area (TPSA) is 47.6 Å². The van der Waals surface area contributed by atoms with E-state index in [0.29, 0.717) is 5.76 Å². The van der Waals surface area contributed by atoms with Gasteiger partial charge in [-0.3, -0.25) is 4.79 Å². The lowest BCUT2D eigenvalue weighted by molar-refractivity contribution is -0.128. The average molecular weight is 183 g/mol. The fourth-order valence-corrected chi connectivity index (χ4v) is 1.52. The molecule has 1 fully saturated rings. The van der Waals surface area contributed by atoms with Crippen LogP contribution in [0.5, 0.6) is 0 Å². The van der Waals surface area contributed by atoms with Gasteiger partial charge in [-0.15, -0.1) is 0 Å². The lowest BCUT2D eigenvalue weighted by Gasteiger charge is -2.07. The number of fused-ring (bicyclic) bond motifs is 1. The third-order valence-corrected chi connectivity index (χ3v) is 2.23. The highest BCUT2D eigenvalue weighted by atomic mass is 16.7. The molecular formula is C9H13NO3. The molecule has 0 bridgehead atoms. The van der Waals surface area contributed by atoms with Crippen LogP contribution in [0.4, 0.5) is 0 Å². The SMILES string of the molecule is O=C1NCCCC/C=C2/OCOC12. The molecule has 2 aliphatic rings. The van der Waals surface area contributed by atoms with Crippen LogP contribution < -0.4 is 5.32 Å². The molecule has 1 amide bonds. The Morgan fingerprint density at radius 1 is 1.46 bits per heavy atom. The Morgan fingerprint density at radius 3 is 3.31 bits per heavy atom. The largest absolute Gasteiger partial charge is 0.469 e. The van der Waals surface area contributed by atoms with E-state index in [1.165, 1.54) is 0 Å². The highest BCUT2D eigenvalue weighted by molar-refractivity contribution is 5.83. The van der Waals surface area contributed by atoms with Crippen molar-refractivity contribution in [1.29, 1.82) is 0 Å². The quantitative estimate of drug-likeness (QED) is 0.596. The van der Waals surface area contributed by atoms with Gasteiger partial charge in [0, 0.05) is 6.54 Å². The fourth-order valence-electron chi connectivity index (χ4n) is 1.52. The fraction of sp³-hybridized carbons (Fsp3) is 0.667. The molecule has 0 aromatic heterocycles. The Balaban J connectivity index is 2.12. The molecule has 2 rings (SSSR count). The average Bonchev–Trinajstić information content (AvgIpc) is 2.58. The van der Waals surface area contributed by atoms with Gasteiger partial charge >= 0.3 is 0 Å². The number of hydrogen-bond donors (Lipinski definition) is 1. The van der Waals surface area contributed by atoms with Crippen molar-refractivity contribution in [3.05, 3.63) is 11.8 Å². The van der Waals surface area contributed by atoms with E-state index in [1.807, 2.05) is 6.08 Å². The molecule has 0 saturated carbocycles. The summed E-state index contributed by atoms with van der Waals surface area (Å²) in [5, 5.41) is 2.81. The molecule has 1 atom stereocenters. The molecule has 13 heavy (non-hydrogen) atoms. The van der Waals surface area contributed by atoms with E-state index < -0.39 is 6.10 Å². The normalized spacial score (nSPS) is 32.8. The first-order valence-corrected chi connectivity index (χ1v) is 4.60. The van der Waals surface area contributed by atoms with Crippen LogP contribution in [-0.2, 0) is 14.3 Å². The molecule has 1 saturated heterocycles. The van der Waals surface area contributed by atoms with Gasteiger partial charge in [0.25, 0.3) is 5.91 Å². The summed E-state index contributed by atoms with van der Waals surface area (Å²) in [6, 6.07) is 0. The Kier molecular flexibility index (Phi) is 2.49. The number of ether oxygens (including phenoxy) is 2. The highest BCUT2D eigenvalue weighted by Crippen LogP contribution is 2.19. The molecular weight excluding hydrogens is 170 g/mol. The molecule has 0 aromatic rings. The second-order valence-corrected chi connectivity index (χ2v) is 3.20. The van der Waals surface area contributed by atoms with E-state index >= 15 is 0 Å². The van der Waals surface area contributed by atoms with Gasteiger partial charge in [0.2, 0.25) is 0 Å². The molecule has 4 heteroatoms. The summed E-state index contributed by atoms with van der Waals surface area (Å²) in [6.45, 7) is 0.934. The summed E-state index contributed by atoms with van der Waals surface area (Å²) in [7, 11) is 0. The Bertz CT molecular complexity index is 237. The summed E-state index contributed by atoms with van der Waals surface area (Å²) >= 11 is 0. The van der Waals surface area contributed by atoms with Gasteiger partial charge in [-0.25, -0.2) is 0 Å². The minimum atomic E-state index is -0.502. The van der Waals surface area contributed by atoms with E-state index in [4.69, 9.17) is 9.47 Å². The zero-order valence-electron chi connectivity index (χ0n) is 7.41. The van der Waals surface area contributed by atoms with Gasteiger partial charge in [0.05, 0.1) is 0 Å². The predicted octanol–water partition coefficient (Wildman–Crippen LogP) is 0.543. The minimum Gasteiger partial charge on any atom is -0.469 e. The van der Waals surface area contributed by atoms with E-state index in [0.717, 1.165) is 25.8 Å². The highest BCUT2D eigenvalue weighted by Gasteiger charge is 2.30. The van der Waals surface area contributed by atoms with Crippen molar-refractivity contribution >= 4 is 5.91 Å². The molecule has 1 N–H and O–H groups in total. The number of nitrogens with one attached hydrogen (secondary N) is 1. The van der Waals surface area contributed by atoms with Crippen LogP contribution in [0.15, 0.2) is 11.8 Å². The maximum Gasteiger partial charge on any atom is 0.257 e. The third kappa shape index (κ3) is 1.83. The lowest BCUT2D eigenvalue weighted by atomic mass is 10.2. The Morgan fingerprint density at radius 2 is 2.38 bits per heavy atom. The molecule has 1 unspecified atom stereocenters. The van der Waals surface area contributed by atoms with Crippen LogP contribution in [0.1, 0.15) is 19.3 Å². The van der Waals surface area contributed by atoms with Gasteiger partial charge in [-0.05, 0) is 25.3 Å². The summed E-state index contributed by atoms with van der Waals surface area (Å²) in [5.41, 5.74) is 0. The van der Waals surface area contributed by atoms with E-state index in [2.05, 4.69) is 5.32 Å². The maximum atomic E-state index is 11.4. The van der Waals surface area contributed by atoms with E-state index in [1.54, 1.807) is 0 Å². The van der Waals surface area contributed by atoms with Crippen molar-refractivity contribution in [2.75, 3.05) is 13.3 Å². The van der Waals surface area contributed by atoms with E-state index in [9.17, 15) is 4.79 Å². The predicted molar refractivity (Wildman–Crippen MR) is 45.8 cm³/mol. The van der Waals surface area contributed by atoms with Crippen molar-refractivity contribution in [2.45, 2.75) is 25.4 Å². The second-order valence-electron chi connectivity index (χ2n) is 3.20. The number of carbonyl (C=O) groups excluding carboxylic acids is 1. The smallest absolute Gasteiger partial charge is 0.257 e. The van der Waals surface area contributed by atoms with Gasteiger partial charge in [-0.2, -0.15) is 0 Å². The van der Waals surface area contributed by atoms with Crippen LogP contribution in [0, 0.1) is 0 Å². The van der Waals surface area contributed by atoms with E-state index in [-0.39, 0.29) is 12.7 Å². The molecule has 0 spiro atoms. The van der Waals surface area contributed by atoms with Crippen LogP contribution in [-0.4, -0.2) is 25.3 Å². The number of rotatable bonds is 0. The standard InChI is InChI=1S/C9H13NO3/c11-9-8-7(12-6-13-8)4-2-1-3-5-10-9/h4,8H,1-3,5-6H2,(H,10,11)/b7-4+.